The standard InChI is InChI=1S/C15H13FN2O6/c1-8-7-9(3-4-10(8)16)13(15(20)23-2)17-14(19)11-5-6-12(24-11)18(21)22/h3-7,13H,1-2H3,(H,17,19)/t13-/m1/s1. The minimum absolute atomic E-state index is 0.282. The van der Waals surface area contributed by atoms with Crippen LogP contribution < -0.4 is 5.32 Å². The summed E-state index contributed by atoms with van der Waals surface area (Å²) in [6.07, 6.45) is 0. The molecule has 0 aliphatic carbocycles. The largest absolute Gasteiger partial charge is 0.467 e. The molecule has 2 rings (SSSR count). The van der Waals surface area contributed by atoms with Gasteiger partial charge in [-0.25, -0.2) is 9.18 Å². The van der Waals surface area contributed by atoms with Crippen LogP contribution in [0.5, 0.6) is 0 Å². The minimum atomic E-state index is -1.22. The summed E-state index contributed by atoms with van der Waals surface area (Å²) >= 11 is 0. The highest BCUT2D eigenvalue weighted by Gasteiger charge is 2.27. The highest BCUT2D eigenvalue weighted by Crippen LogP contribution is 2.20. The Morgan fingerprint density at radius 3 is 2.58 bits per heavy atom. The van der Waals surface area contributed by atoms with Gasteiger partial charge in [0.2, 0.25) is 0 Å². The van der Waals surface area contributed by atoms with E-state index in [0.717, 1.165) is 25.3 Å². The number of ether oxygens (including phenoxy) is 1. The Bertz CT molecular complexity index is 801. The third-order valence-corrected chi connectivity index (χ3v) is 3.22. The van der Waals surface area contributed by atoms with Crippen LogP contribution in [-0.4, -0.2) is 23.9 Å². The van der Waals surface area contributed by atoms with E-state index in [4.69, 9.17) is 4.42 Å². The predicted octanol–water partition coefficient (Wildman–Crippen LogP) is 2.28. The van der Waals surface area contributed by atoms with Crippen molar-refractivity contribution in [2.75, 3.05) is 7.11 Å². The van der Waals surface area contributed by atoms with Gasteiger partial charge in [0, 0.05) is 0 Å². The lowest BCUT2D eigenvalue weighted by Crippen LogP contribution is -2.34. The first kappa shape index (κ1) is 17.1. The SMILES string of the molecule is COC(=O)[C@H](NC(=O)c1ccc([N+](=O)[O-])o1)c1ccc(F)c(C)c1. The molecule has 0 saturated heterocycles. The Morgan fingerprint density at radius 2 is 2.04 bits per heavy atom. The predicted molar refractivity (Wildman–Crippen MR) is 78.7 cm³/mol. The van der Waals surface area contributed by atoms with Crippen molar-refractivity contribution in [1.82, 2.24) is 5.32 Å². The smallest absolute Gasteiger partial charge is 0.433 e. The van der Waals surface area contributed by atoms with E-state index in [9.17, 15) is 24.1 Å². The fourth-order valence-corrected chi connectivity index (χ4v) is 1.99. The highest BCUT2D eigenvalue weighted by molar-refractivity contribution is 5.95. The van der Waals surface area contributed by atoms with E-state index in [1.165, 1.54) is 19.1 Å². The average molecular weight is 336 g/mol. The Balaban J connectivity index is 2.28. The van der Waals surface area contributed by atoms with E-state index in [1.54, 1.807) is 0 Å². The lowest BCUT2D eigenvalue weighted by atomic mass is 10.0. The summed E-state index contributed by atoms with van der Waals surface area (Å²) in [6.45, 7) is 1.50. The number of halogens is 1. The number of nitrogens with zero attached hydrogens (tertiary/aromatic N) is 1. The van der Waals surface area contributed by atoms with Crippen molar-refractivity contribution in [3.8, 4) is 0 Å². The number of carbonyl (C=O) groups excluding carboxylic acids is 2. The van der Waals surface area contributed by atoms with E-state index in [2.05, 4.69) is 10.1 Å². The number of carbonyl (C=O) groups is 2. The van der Waals surface area contributed by atoms with Crippen LogP contribution >= 0.6 is 0 Å². The summed E-state index contributed by atoms with van der Waals surface area (Å²) in [5.74, 6) is -3.03. The first-order chi connectivity index (χ1) is 11.3. The molecule has 0 spiro atoms. The van der Waals surface area contributed by atoms with Gasteiger partial charge in [-0.05, 0) is 30.2 Å². The second-order valence-electron chi connectivity index (χ2n) is 4.83. The Morgan fingerprint density at radius 1 is 1.33 bits per heavy atom. The van der Waals surface area contributed by atoms with Crippen molar-refractivity contribution >= 4 is 17.8 Å². The van der Waals surface area contributed by atoms with Gasteiger partial charge in [0.25, 0.3) is 5.91 Å². The van der Waals surface area contributed by atoms with Crippen LogP contribution in [0.4, 0.5) is 10.3 Å². The number of hydrogen-bond acceptors (Lipinski definition) is 6. The van der Waals surface area contributed by atoms with Crippen molar-refractivity contribution in [3.05, 3.63) is 63.2 Å². The van der Waals surface area contributed by atoms with E-state index in [0.29, 0.717) is 5.56 Å². The normalized spacial score (nSPS) is 11.6. The number of aryl methyl sites for hydroxylation is 1. The van der Waals surface area contributed by atoms with Gasteiger partial charge in [-0.15, -0.1) is 0 Å². The van der Waals surface area contributed by atoms with Gasteiger partial charge in [0.1, 0.15) is 10.7 Å². The zero-order valence-electron chi connectivity index (χ0n) is 12.7. The third-order valence-electron chi connectivity index (χ3n) is 3.22. The van der Waals surface area contributed by atoms with Gasteiger partial charge in [0.05, 0.1) is 13.2 Å². The van der Waals surface area contributed by atoms with Crippen molar-refractivity contribution < 1.29 is 28.1 Å². The van der Waals surface area contributed by atoms with Gasteiger partial charge < -0.3 is 14.5 Å². The van der Waals surface area contributed by atoms with Gasteiger partial charge >= 0.3 is 11.9 Å². The molecule has 0 bridgehead atoms. The maximum atomic E-state index is 13.4. The Kier molecular flexibility index (Phi) is 4.93. The number of esters is 1. The molecule has 1 aromatic heterocycles. The van der Waals surface area contributed by atoms with Gasteiger partial charge in [-0.1, -0.05) is 12.1 Å². The van der Waals surface area contributed by atoms with Crippen LogP contribution in [0.15, 0.2) is 34.7 Å². The zero-order valence-corrected chi connectivity index (χ0v) is 12.7. The summed E-state index contributed by atoms with van der Waals surface area (Å²) < 4.78 is 22.8. The van der Waals surface area contributed by atoms with Crippen molar-refractivity contribution in [3.63, 3.8) is 0 Å². The molecule has 24 heavy (non-hydrogen) atoms. The second-order valence-corrected chi connectivity index (χ2v) is 4.83. The molecule has 0 fully saturated rings. The molecule has 0 aliphatic heterocycles. The molecule has 1 aromatic carbocycles. The molecular formula is C15H13FN2O6. The number of nitrogens with one attached hydrogen (secondary N) is 1. The van der Waals surface area contributed by atoms with Crippen LogP contribution in [0.3, 0.4) is 0 Å². The topological polar surface area (TPSA) is 112 Å². The number of furan rings is 1. The molecular weight excluding hydrogens is 323 g/mol. The number of amides is 1. The maximum absolute atomic E-state index is 13.4. The number of rotatable bonds is 5. The summed E-state index contributed by atoms with van der Waals surface area (Å²) in [5.41, 5.74) is 0.583. The molecule has 9 heteroatoms. The summed E-state index contributed by atoms with van der Waals surface area (Å²) in [4.78, 5) is 33.8. The first-order valence-corrected chi connectivity index (χ1v) is 6.72. The van der Waals surface area contributed by atoms with Crippen LogP contribution in [0.25, 0.3) is 0 Å². The summed E-state index contributed by atoms with van der Waals surface area (Å²) in [5, 5.41) is 12.9. The fraction of sp³-hybridized carbons (Fsp3) is 0.200. The van der Waals surface area contributed by atoms with Crippen LogP contribution in [0, 0.1) is 22.9 Å². The Hall–Kier alpha value is -3.23. The molecule has 8 nitrogen and oxygen atoms in total. The van der Waals surface area contributed by atoms with Crippen LogP contribution in [0.2, 0.25) is 0 Å². The second kappa shape index (κ2) is 6.90. The molecule has 1 heterocycles. The molecule has 0 radical (unpaired) electrons. The van der Waals surface area contributed by atoms with Crippen molar-refractivity contribution in [2.24, 2.45) is 0 Å². The van der Waals surface area contributed by atoms with E-state index in [-0.39, 0.29) is 11.3 Å². The number of methoxy groups -OCH3 is 1. The summed E-state index contributed by atoms with van der Waals surface area (Å²) in [6, 6.07) is 4.79. The van der Waals surface area contributed by atoms with E-state index < -0.39 is 34.5 Å². The number of nitro groups is 1. The maximum Gasteiger partial charge on any atom is 0.433 e. The third kappa shape index (κ3) is 3.57. The van der Waals surface area contributed by atoms with E-state index >= 15 is 0 Å². The Labute approximate surface area is 135 Å². The molecule has 0 saturated carbocycles. The molecule has 0 unspecified atom stereocenters. The number of hydrogen-bond donors (Lipinski definition) is 1. The van der Waals surface area contributed by atoms with E-state index in [1.807, 2.05) is 0 Å². The molecule has 0 aliphatic rings. The highest BCUT2D eigenvalue weighted by atomic mass is 19.1. The zero-order chi connectivity index (χ0) is 17.9. The van der Waals surface area contributed by atoms with Gasteiger partial charge in [0.15, 0.2) is 11.8 Å². The quantitative estimate of drug-likeness (QED) is 0.509. The number of benzene rings is 1. The summed E-state index contributed by atoms with van der Waals surface area (Å²) in [7, 11) is 1.13. The minimum Gasteiger partial charge on any atom is -0.467 e. The first-order valence-electron chi connectivity index (χ1n) is 6.72. The fourth-order valence-electron chi connectivity index (χ4n) is 1.99. The van der Waals surface area contributed by atoms with Crippen molar-refractivity contribution in [1.29, 1.82) is 0 Å². The van der Waals surface area contributed by atoms with Crippen molar-refractivity contribution in [2.45, 2.75) is 13.0 Å². The van der Waals surface area contributed by atoms with Gasteiger partial charge in [-0.2, -0.15) is 0 Å². The van der Waals surface area contributed by atoms with Crippen LogP contribution in [0.1, 0.15) is 27.7 Å². The average Bonchev–Trinajstić information content (AvgIpc) is 3.05. The molecule has 2 aromatic rings. The monoisotopic (exact) mass is 336 g/mol. The molecule has 1 amide bonds. The molecule has 126 valence electrons. The van der Waals surface area contributed by atoms with Crippen LogP contribution in [-0.2, 0) is 9.53 Å². The lowest BCUT2D eigenvalue weighted by Gasteiger charge is -2.16. The molecule has 1 atom stereocenters. The van der Waals surface area contributed by atoms with Gasteiger partial charge in [-0.3, -0.25) is 14.9 Å². The lowest BCUT2D eigenvalue weighted by molar-refractivity contribution is -0.402. The molecule has 1 N–H and O–H groups in total.